The van der Waals surface area contributed by atoms with Crippen LogP contribution in [0.1, 0.15) is 60.0 Å². The number of aromatic nitrogens is 3. The quantitative estimate of drug-likeness (QED) is 0.842. The van der Waals surface area contributed by atoms with E-state index in [1.807, 2.05) is 4.90 Å². The van der Waals surface area contributed by atoms with Gasteiger partial charge in [0.15, 0.2) is 0 Å². The third-order valence-corrected chi connectivity index (χ3v) is 5.28. The van der Waals surface area contributed by atoms with Crippen molar-refractivity contribution in [1.29, 1.82) is 0 Å². The molecular formula is C19H23FN4O. The van der Waals surface area contributed by atoms with Gasteiger partial charge in [-0.15, -0.1) is 10.2 Å². The van der Waals surface area contributed by atoms with Crippen LogP contribution in [-0.2, 0) is 13.0 Å². The van der Waals surface area contributed by atoms with Gasteiger partial charge < -0.3 is 9.47 Å². The average Bonchev–Trinajstić information content (AvgIpc) is 2.90. The molecule has 0 aliphatic carbocycles. The summed E-state index contributed by atoms with van der Waals surface area (Å²) in [5, 5.41) is 8.85. The molecule has 25 heavy (non-hydrogen) atoms. The predicted octanol–water partition coefficient (Wildman–Crippen LogP) is 3.16. The molecule has 1 fully saturated rings. The normalized spacial score (nSPS) is 20.8. The topological polar surface area (TPSA) is 51.0 Å². The van der Waals surface area contributed by atoms with Crippen molar-refractivity contribution < 1.29 is 9.18 Å². The van der Waals surface area contributed by atoms with Gasteiger partial charge in [-0.1, -0.05) is 12.5 Å². The summed E-state index contributed by atoms with van der Waals surface area (Å²) in [6.45, 7) is 2.33. The maximum atomic E-state index is 13.4. The van der Waals surface area contributed by atoms with Crippen molar-refractivity contribution in [3.05, 3.63) is 47.3 Å². The lowest BCUT2D eigenvalue weighted by Gasteiger charge is -2.32. The Morgan fingerprint density at radius 1 is 1.12 bits per heavy atom. The van der Waals surface area contributed by atoms with Crippen LogP contribution in [0.4, 0.5) is 4.39 Å². The molecule has 2 aromatic rings. The largest absolute Gasteiger partial charge is 0.338 e. The molecule has 1 unspecified atom stereocenters. The fourth-order valence-corrected chi connectivity index (χ4v) is 3.99. The Balaban J connectivity index is 1.53. The molecule has 2 aliphatic heterocycles. The Morgan fingerprint density at radius 2 is 2.04 bits per heavy atom. The number of nitrogens with zero attached hydrogens (tertiary/aromatic N) is 4. The number of piperidine rings is 1. The van der Waals surface area contributed by atoms with Crippen LogP contribution in [0, 0.1) is 5.82 Å². The van der Waals surface area contributed by atoms with Gasteiger partial charge in [0.05, 0.1) is 0 Å². The van der Waals surface area contributed by atoms with Crippen LogP contribution in [0.3, 0.4) is 0 Å². The second-order valence-corrected chi connectivity index (χ2v) is 7.04. The molecule has 6 heteroatoms. The Kier molecular flexibility index (Phi) is 4.51. The molecule has 0 bridgehead atoms. The summed E-state index contributed by atoms with van der Waals surface area (Å²) in [5.41, 5.74) is 0.417. The van der Waals surface area contributed by atoms with Crippen LogP contribution in [0.2, 0.25) is 0 Å². The van der Waals surface area contributed by atoms with Gasteiger partial charge in [-0.05, 0) is 43.9 Å². The molecule has 132 valence electrons. The first-order valence-corrected chi connectivity index (χ1v) is 9.19. The molecule has 4 rings (SSSR count). The lowest BCUT2D eigenvalue weighted by molar-refractivity contribution is 0.0702. The standard InChI is InChI=1S/C19H23FN4O/c20-16-8-4-6-14(12-16)19(25)23-10-5-7-15(13-23)18-22-21-17-9-2-1-3-11-24(17)18/h4,6,8,12,15H,1-3,5,7,9-11,13H2. The number of benzene rings is 1. The molecule has 0 radical (unpaired) electrons. The first-order chi connectivity index (χ1) is 12.2. The van der Waals surface area contributed by atoms with Crippen LogP contribution >= 0.6 is 0 Å². The number of hydrogen-bond acceptors (Lipinski definition) is 3. The number of carbonyl (C=O) groups is 1. The fraction of sp³-hybridized carbons (Fsp3) is 0.526. The Hall–Kier alpha value is -2.24. The highest BCUT2D eigenvalue weighted by molar-refractivity contribution is 5.94. The summed E-state index contributed by atoms with van der Waals surface area (Å²) in [7, 11) is 0. The first-order valence-electron chi connectivity index (χ1n) is 9.19. The number of hydrogen-bond donors (Lipinski definition) is 0. The highest BCUT2D eigenvalue weighted by Gasteiger charge is 2.29. The van der Waals surface area contributed by atoms with Crippen molar-refractivity contribution in [1.82, 2.24) is 19.7 Å². The highest BCUT2D eigenvalue weighted by Crippen LogP contribution is 2.28. The van der Waals surface area contributed by atoms with Crippen LogP contribution in [0.5, 0.6) is 0 Å². The minimum Gasteiger partial charge on any atom is -0.338 e. The summed E-state index contributed by atoms with van der Waals surface area (Å²) in [6, 6.07) is 5.94. The van der Waals surface area contributed by atoms with Gasteiger partial charge in [0.2, 0.25) is 0 Å². The Bertz CT molecular complexity index is 773. The molecule has 3 heterocycles. The van der Waals surface area contributed by atoms with E-state index in [0.29, 0.717) is 18.7 Å². The molecule has 1 amide bonds. The third kappa shape index (κ3) is 3.30. The van der Waals surface area contributed by atoms with E-state index >= 15 is 0 Å². The van der Waals surface area contributed by atoms with E-state index in [1.54, 1.807) is 12.1 Å². The zero-order valence-electron chi connectivity index (χ0n) is 14.3. The number of likely N-dealkylation sites (tertiary alicyclic amines) is 1. The summed E-state index contributed by atoms with van der Waals surface area (Å²) in [5.74, 6) is 1.85. The van der Waals surface area contributed by atoms with Crippen molar-refractivity contribution in [2.75, 3.05) is 13.1 Å². The number of fused-ring (bicyclic) bond motifs is 1. The minimum absolute atomic E-state index is 0.0974. The van der Waals surface area contributed by atoms with Crippen molar-refractivity contribution in [2.45, 2.75) is 51.0 Å². The van der Waals surface area contributed by atoms with E-state index in [4.69, 9.17) is 0 Å². The molecular weight excluding hydrogens is 319 g/mol. The van der Waals surface area contributed by atoms with Gasteiger partial charge in [-0.25, -0.2) is 4.39 Å². The molecule has 0 spiro atoms. The van der Waals surface area contributed by atoms with E-state index in [-0.39, 0.29) is 17.6 Å². The Labute approximate surface area is 146 Å². The molecule has 0 N–H and O–H groups in total. The monoisotopic (exact) mass is 342 g/mol. The number of carbonyl (C=O) groups excluding carboxylic acids is 1. The maximum Gasteiger partial charge on any atom is 0.253 e. The van der Waals surface area contributed by atoms with Gasteiger partial charge in [0.25, 0.3) is 5.91 Å². The van der Waals surface area contributed by atoms with Gasteiger partial charge in [-0.3, -0.25) is 4.79 Å². The molecule has 1 atom stereocenters. The number of halogens is 1. The van der Waals surface area contributed by atoms with E-state index in [2.05, 4.69) is 14.8 Å². The number of rotatable bonds is 2. The van der Waals surface area contributed by atoms with Crippen LogP contribution in [-0.4, -0.2) is 38.7 Å². The van der Waals surface area contributed by atoms with Crippen molar-refractivity contribution >= 4 is 5.91 Å². The SMILES string of the molecule is O=C(c1cccc(F)c1)N1CCCC(c2nnc3n2CCCCC3)C1. The van der Waals surface area contributed by atoms with E-state index in [9.17, 15) is 9.18 Å². The summed E-state index contributed by atoms with van der Waals surface area (Å²) in [6.07, 6.45) is 6.52. The molecule has 1 saturated heterocycles. The molecule has 1 aromatic carbocycles. The summed E-state index contributed by atoms with van der Waals surface area (Å²) >= 11 is 0. The van der Waals surface area contributed by atoms with Crippen LogP contribution in [0.15, 0.2) is 24.3 Å². The molecule has 1 aromatic heterocycles. The lowest BCUT2D eigenvalue weighted by Crippen LogP contribution is -2.39. The minimum atomic E-state index is -0.373. The summed E-state index contributed by atoms with van der Waals surface area (Å²) < 4.78 is 15.7. The predicted molar refractivity (Wildman–Crippen MR) is 91.9 cm³/mol. The second-order valence-electron chi connectivity index (χ2n) is 7.04. The number of amides is 1. The van der Waals surface area contributed by atoms with Crippen molar-refractivity contribution in [3.63, 3.8) is 0 Å². The van der Waals surface area contributed by atoms with E-state index < -0.39 is 0 Å². The second kappa shape index (κ2) is 6.94. The van der Waals surface area contributed by atoms with Crippen molar-refractivity contribution in [3.8, 4) is 0 Å². The first kappa shape index (κ1) is 16.2. The van der Waals surface area contributed by atoms with E-state index in [1.165, 1.54) is 25.0 Å². The van der Waals surface area contributed by atoms with Gasteiger partial charge in [-0.2, -0.15) is 0 Å². The van der Waals surface area contributed by atoms with E-state index in [0.717, 1.165) is 43.9 Å². The fourth-order valence-electron chi connectivity index (χ4n) is 3.99. The van der Waals surface area contributed by atoms with Gasteiger partial charge in [0, 0.05) is 37.5 Å². The number of aryl methyl sites for hydroxylation is 1. The van der Waals surface area contributed by atoms with Crippen LogP contribution in [0.25, 0.3) is 0 Å². The highest BCUT2D eigenvalue weighted by atomic mass is 19.1. The molecule has 5 nitrogen and oxygen atoms in total. The maximum absolute atomic E-state index is 13.4. The Morgan fingerprint density at radius 3 is 2.92 bits per heavy atom. The lowest BCUT2D eigenvalue weighted by atomic mass is 9.96. The van der Waals surface area contributed by atoms with Gasteiger partial charge >= 0.3 is 0 Å². The molecule has 2 aliphatic rings. The third-order valence-electron chi connectivity index (χ3n) is 5.28. The van der Waals surface area contributed by atoms with Crippen molar-refractivity contribution in [2.24, 2.45) is 0 Å². The molecule has 0 saturated carbocycles. The zero-order valence-corrected chi connectivity index (χ0v) is 14.3. The summed E-state index contributed by atoms with van der Waals surface area (Å²) in [4.78, 5) is 14.6. The zero-order chi connectivity index (χ0) is 17.2. The average molecular weight is 342 g/mol. The van der Waals surface area contributed by atoms with Crippen LogP contribution < -0.4 is 0 Å². The van der Waals surface area contributed by atoms with Gasteiger partial charge in [0.1, 0.15) is 17.5 Å². The smallest absolute Gasteiger partial charge is 0.253 e.